The van der Waals surface area contributed by atoms with Gasteiger partial charge in [0.25, 0.3) is 5.91 Å². The third-order valence-electron chi connectivity index (χ3n) is 5.23. The molecule has 0 bridgehead atoms. The summed E-state index contributed by atoms with van der Waals surface area (Å²) in [5.74, 6) is 1.51. The van der Waals surface area contributed by atoms with Crippen LogP contribution in [0.4, 0.5) is 5.69 Å². The highest BCUT2D eigenvalue weighted by Gasteiger charge is 2.22. The Morgan fingerprint density at radius 3 is 2.48 bits per heavy atom. The van der Waals surface area contributed by atoms with Crippen molar-refractivity contribution in [2.45, 2.75) is 0 Å². The van der Waals surface area contributed by atoms with E-state index in [9.17, 15) is 4.79 Å². The van der Waals surface area contributed by atoms with Crippen molar-refractivity contribution in [3.05, 3.63) is 65.7 Å². The number of amides is 1. The van der Waals surface area contributed by atoms with Gasteiger partial charge in [0.15, 0.2) is 6.61 Å². The Labute approximate surface area is 175 Å². The molecule has 5 nitrogen and oxygen atoms in total. The van der Waals surface area contributed by atoms with Crippen LogP contribution in [0.15, 0.2) is 60.7 Å². The second kappa shape index (κ2) is 8.62. The van der Waals surface area contributed by atoms with E-state index in [1.807, 2.05) is 53.4 Å². The molecular weight excluding hydrogens is 388 g/mol. The molecular formula is C23H23ClN2O3. The lowest BCUT2D eigenvalue weighted by Crippen LogP contribution is -2.50. The van der Waals surface area contributed by atoms with Gasteiger partial charge in [-0.05, 0) is 24.3 Å². The van der Waals surface area contributed by atoms with E-state index in [4.69, 9.17) is 21.1 Å². The molecule has 3 aromatic rings. The van der Waals surface area contributed by atoms with Crippen LogP contribution in [0.25, 0.3) is 10.8 Å². The lowest BCUT2D eigenvalue weighted by atomic mass is 10.1. The highest BCUT2D eigenvalue weighted by atomic mass is 35.5. The number of anilines is 1. The summed E-state index contributed by atoms with van der Waals surface area (Å²) in [4.78, 5) is 16.8. The molecule has 1 fully saturated rings. The van der Waals surface area contributed by atoms with Gasteiger partial charge in [-0.1, -0.05) is 41.9 Å². The first-order valence-corrected chi connectivity index (χ1v) is 10.0. The van der Waals surface area contributed by atoms with E-state index in [0.717, 1.165) is 35.3 Å². The Morgan fingerprint density at radius 1 is 0.966 bits per heavy atom. The van der Waals surface area contributed by atoms with Gasteiger partial charge in [-0.15, -0.1) is 0 Å². The summed E-state index contributed by atoms with van der Waals surface area (Å²) >= 11 is 6.25. The van der Waals surface area contributed by atoms with Crippen molar-refractivity contribution in [3.8, 4) is 11.5 Å². The lowest BCUT2D eigenvalue weighted by Gasteiger charge is -2.36. The number of methoxy groups -OCH3 is 1. The molecule has 4 rings (SSSR count). The van der Waals surface area contributed by atoms with Gasteiger partial charge < -0.3 is 19.3 Å². The van der Waals surface area contributed by atoms with Crippen molar-refractivity contribution in [1.29, 1.82) is 0 Å². The topological polar surface area (TPSA) is 42.0 Å². The van der Waals surface area contributed by atoms with Crippen molar-refractivity contribution in [2.75, 3.05) is 44.8 Å². The molecule has 150 valence electrons. The first-order chi connectivity index (χ1) is 14.2. The minimum absolute atomic E-state index is 0.00526. The SMILES string of the molecule is COc1cccc(N2CCN(C(=O)COc3ccc(Cl)c4ccccc34)CC2)c1. The molecule has 0 aromatic heterocycles. The number of carbonyl (C=O) groups excluding carboxylic acids is 1. The number of hydrogen-bond acceptors (Lipinski definition) is 4. The summed E-state index contributed by atoms with van der Waals surface area (Å²) in [6.07, 6.45) is 0. The van der Waals surface area contributed by atoms with E-state index in [1.165, 1.54) is 0 Å². The Balaban J connectivity index is 1.35. The average molecular weight is 411 g/mol. The van der Waals surface area contributed by atoms with E-state index < -0.39 is 0 Å². The average Bonchev–Trinajstić information content (AvgIpc) is 2.79. The zero-order valence-corrected chi connectivity index (χ0v) is 17.1. The molecule has 1 saturated heterocycles. The number of hydrogen-bond donors (Lipinski definition) is 0. The predicted molar refractivity (Wildman–Crippen MR) is 116 cm³/mol. The fourth-order valence-corrected chi connectivity index (χ4v) is 3.84. The molecule has 6 heteroatoms. The lowest BCUT2D eigenvalue weighted by molar-refractivity contribution is -0.133. The highest BCUT2D eigenvalue weighted by molar-refractivity contribution is 6.35. The van der Waals surface area contributed by atoms with Crippen molar-refractivity contribution < 1.29 is 14.3 Å². The van der Waals surface area contributed by atoms with Gasteiger partial charge in [0.2, 0.25) is 0 Å². The summed E-state index contributed by atoms with van der Waals surface area (Å²) in [7, 11) is 1.67. The molecule has 1 aliphatic heterocycles. The Kier molecular flexibility index (Phi) is 5.76. The van der Waals surface area contributed by atoms with Crippen LogP contribution in [0.3, 0.4) is 0 Å². The fraction of sp³-hybridized carbons (Fsp3) is 0.261. The van der Waals surface area contributed by atoms with Gasteiger partial charge in [0.05, 0.1) is 7.11 Å². The molecule has 0 saturated carbocycles. The van der Waals surface area contributed by atoms with Gasteiger partial charge in [-0.2, -0.15) is 0 Å². The quantitative estimate of drug-likeness (QED) is 0.631. The second-order valence-corrected chi connectivity index (χ2v) is 7.36. The zero-order chi connectivity index (χ0) is 20.2. The van der Waals surface area contributed by atoms with E-state index in [0.29, 0.717) is 23.9 Å². The van der Waals surface area contributed by atoms with Crippen molar-refractivity contribution >= 4 is 34.0 Å². The number of piperazine rings is 1. The summed E-state index contributed by atoms with van der Waals surface area (Å²) in [5.41, 5.74) is 1.11. The number of benzene rings is 3. The molecule has 0 aliphatic carbocycles. The number of halogens is 1. The molecule has 0 unspecified atom stereocenters. The van der Waals surface area contributed by atoms with E-state index in [1.54, 1.807) is 13.2 Å². The Hall–Kier alpha value is -2.92. The summed E-state index contributed by atoms with van der Waals surface area (Å²) in [5, 5.41) is 2.51. The van der Waals surface area contributed by atoms with E-state index in [2.05, 4.69) is 11.0 Å². The maximum Gasteiger partial charge on any atom is 0.260 e. The third kappa shape index (κ3) is 4.25. The minimum Gasteiger partial charge on any atom is -0.497 e. The van der Waals surface area contributed by atoms with Crippen LogP contribution in [0.1, 0.15) is 0 Å². The fourth-order valence-electron chi connectivity index (χ4n) is 3.61. The summed E-state index contributed by atoms with van der Waals surface area (Å²) in [6, 6.07) is 19.4. The third-order valence-corrected chi connectivity index (χ3v) is 5.56. The molecule has 1 heterocycles. The molecule has 29 heavy (non-hydrogen) atoms. The van der Waals surface area contributed by atoms with Crippen LogP contribution in [0, 0.1) is 0 Å². The first-order valence-electron chi connectivity index (χ1n) is 9.62. The Morgan fingerprint density at radius 2 is 1.72 bits per heavy atom. The number of nitrogens with zero attached hydrogens (tertiary/aromatic N) is 2. The standard InChI is InChI=1S/C23H23ClN2O3/c1-28-18-6-4-5-17(15-18)25-11-13-26(14-12-25)23(27)16-29-22-10-9-21(24)19-7-2-3-8-20(19)22/h2-10,15H,11-14,16H2,1H3. The highest BCUT2D eigenvalue weighted by Crippen LogP contribution is 2.31. The Bertz CT molecular complexity index is 1020. The van der Waals surface area contributed by atoms with Crippen LogP contribution in [0.5, 0.6) is 11.5 Å². The number of rotatable bonds is 5. The molecule has 0 radical (unpaired) electrons. The van der Waals surface area contributed by atoms with E-state index in [-0.39, 0.29) is 12.5 Å². The monoisotopic (exact) mass is 410 g/mol. The van der Waals surface area contributed by atoms with Gasteiger partial charge in [-0.3, -0.25) is 4.79 Å². The van der Waals surface area contributed by atoms with Crippen LogP contribution >= 0.6 is 11.6 Å². The van der Waals surface area contributed by atoms with Crippen LogP contribution in [0.2, 0.25) is 5.02 Å². The summed E-state index contributed by atoms with van der Waals surface area (Å²) in [6.45, 7) is 2.91. The number of fused-ring (bicyclic) bond motifs is 1. The molecule has 0 atom stereocenters. The summed E-state index contributed by atoms with van der Waals surface area (Å²) < 4.78 is 11.2. The molecule has 1 amide bonds. The second-order valence-electron chi connectivity index (χ2n) is 6.95. The molecule has 3 aromatic carbocycles. The smallest absolute Gasteiger partial charge is 0.260 e. The van der Waals surface area contributed by atoms with E-state index >= 15 is 0 Å². The van der Waals surface area contributed by atoms with Crippen LogP contribution in [-0.2, 0) is 4.79 Å². The maximum absolute atomic E-state index is 12.7. The molecule has 1 aliphatic rings. The van der Waals surface area contributed by atoms with Gasteiger partial charge in [0, 0.05) is 53.7 Å². The minimum atomic E-state index is -0.00526. The predicted octanol–water partition coefficient (Wildman–Crippen LogP) is 4.23. The van der Waals surface area contributed by atoms with Crippen molar-refractivity contribution in [1.82, 2.24) is 4.90 Å². The van der Waals surface area contributed by atoms with Gasteiger partial charge in [0.1, 0.15) is 11.5 Å². The van der Waals surface area contributed by atoms with Crippen molar-refractivity contribution in [2.24, 2.45) is 0 Å². The molecule has 0 spiro atoms. The number of carbonyl (C=O) groups is 1. The molecule has 0 N–H and O–H groups in total. The maximum atomic E-state index is 12.7. The van der Waals surface area contributed by atoms with Crippen LogP contribution < -0.4 is 14.4 Å². The van der Waals surface area contributed by atoms with Gasteiger partial charge in [-0.25, -0.2) is 0 Å². The van der Waals surface area contributed by atoms with Crippen molar-refractivity contribution in [3.63, 3.8) is 0 Å². The van der Waals surface area contributed by atoms with Crippen LogP contribution in [-0.4, -0.2) is 50.7 Å². The first kappa shape index (κ1) is 19.4. The zero-order valence-electron chi connectivity index (χ0n) is 16.3. The number of ether oxygens (including phenoxy) is 2. The van der Waals surface area contributed by atoms with Gasteiger partial charge >= 0.3 is 0 Å². The largest absolute Gasteiger partial charge is 0.497 e. The normalized spacial score (nSPS) is 14.1.